The number of amides is 2. The number of halogens is 2. The molecule has 2 heterocycles. The van der Waals surface area contributed by atoms with Crippen LogP contribution < -0.4 is 10.2 Å². The smallest absolute Gasteiger partial charge is 0.239 e. The molecule has 1 N–H and O–H groups in total. The van der Waals surface area contributed by atoms with E-state index in [4.69, 9.17) is 27.6 Å². The molecular weight excluding hydrogens is 401 g/mol. The summed E-state index contributed by atoms with van der Waals surface area (Å²) < 4.78 is 5.27. The highest BCUT2D eigenvalue weighted by Crippen LogP contribution is 2.31. The average Bonchev–Trinajstić information content (AvgIpc) is 3.34. The minimum Gasteiger partial charge on any atom is -0.444 e. The molecular formula is C20H15Cl2N3O3. The van der Waals surface area contributed by atoms with Crippen LogP contribution in [0.25, 0.3) is 11.3 Å². The molecule has 142 valence electrons. The van der Waals surface area contributed by atoms with Crippen LogP contribution in [0.2, 0.25) is 10.0 Å². The van der Waals surface area contributed by atoms with Crippen molar-refractivity contribution in [2.24, 2.45) is 5.92 Å². The number of carbonyl (C=O) groups is 2. The van der Waals surface area contributed by atoms with Gasteiger partial charge in [-0.3, -0.25) is 9.59 Å². The van der Waals surface area contributed by atoms with E-state index < -0.39 is 5.92 Å². The lowest BCUT2D eigenvalue weighted by atomic mass is 10.1. The maximum atomic E-state index is 12.8. The summed E-state index contributed by atoms with van der Waals surface area (Å²) in [5, 5.41) is 3.59. The quantitative estimate of drug-likeness (QED) is 0.629. The summed E-state index contributed by atoms with van der Waals surface area (Å²) in [6.07, 6.45) is 3.36. The molecule has 4 rings (SSSR count). The van der Waals surface area contributed by atoms with Gasteiger partial charge in [0.25, 0.3) is 0 Å². The fourth-order valence-corrected chi connectivity index (χ4v) is 3.46. The molecule has 0 spiro atoms. The predicted octanol–water partition coefficient (Wildman–Crippen LogP) is 4.64. The predicted molar refractivity (Wildman–Crippen MR) is 107 cm³/mol. The number of carbonyl (C=O) groups excluding carboxylic acids is 2. The van der Waals surface area contributed by atoms with Crippen LogP contribution in [0.3, 0.4) is 0 Å². The Morgan fingerprint density at radius 3 is 2.79 bits per heavy atom. The molecule has 28 heavy (non-hydrogen) atoms. The maximum absolute atomic E-state index is 12.8. The number of rotatable bonds is 4. The molecule has 2 aromatic carbocycles. The van der Waals surface area contributed by atoms with Crippen molar-refractivity contribution < 1.29 is 14.0 Å². The van der Waals surface area contributed by atoms with Crippen molar-refractivity contribution in [2.75, 3.05) is 16.8 Å². The topological polar surface area (TPSA) is 75.4 Å². The second-order valence-electron chi connectivity index (χ2n) is 6.37. The Hall–Kier alpha value is -2.83. The van der Waals surface area contributed by atoms with E-state index in [1.165, 1.54) is 6.39 Å². The van der Waals surface area contributed by atoms with Crippen LogP contribution in [-0.4, -0.2) is 23.3 Å². The zero-order valence-electron chi connectivity index (χ0n) is 14.6. The maximum Gasteiger partial charge on any atom is 0.239 e. The number of benzene rings is 2. The molecule has 0 bridgehead atoms. The van der Waals surface area contributed by atoms with E-state index >= 15 is 0 Å². The highest BCUT2D eigenvalue weighted by atomic mass is 35.5. The van der Waals surface area contributed by atoms with Crippen molar-refractivity contribution in [1.82, 2.24) is 4.98 Å². The van der Waals surface area contributed by atoms with Gasteiger partial charge in [0.2, 0.25) is 11.8 Å². The monoisotopic (exact) mass is 415 g/mol. The van der Waals surface area contributed by atoms with Gasteiger partial charge in [-0.05, 0) is 36.8 Å². The van der Waals surface area contributed by atoms with Crippen LogP contribution in [0.1, 0.15) is 6.42 Å². The SMILES string of the molecule is O=C(Nc1cccc(-c2cnco2)c1)[C@@H]1CCN(c2ccc(Cl)c(Cl)c2)C1=O. The minimum absolute atomic E-state index is 0.262. The standard InChI is InChI=1S/C20H15Cl2N3O3/c21-16-5-4-14(9-17(16)22)25-7-6-15(20(25)27)19(26)24-13-3-1-2-12(8-13)18-10-23-11-28-18/h1-5,8-11,15H,6-7H2,(H,24,26)/t15-/m0/s1. The number of oxazole rings is 1. The van der Waals surface area contributed by atoms with Gasteiger partial charge in [-0.25, -0.2) is 4.98 Å². The Balaban J connectivity index is 1.48. The van der Waals surface area contributed by atoms with Crippen molar-refractivity contribution in [3.8, 4) is 11.3 Å². The second-order valence-corrected chi connectivity index (χ2v) is 7.18. The van der Waals surface area contributed by atoms with Crippen molar-refractivity contribution in [2.45, 2.75) is 6.42 Å². The summed E-state index contributed by atoms with van der Waals surface area (Å²) in [5.41, 5.74) is 1.99. The van der Waals surface area contributed by atoms with Gasteiger partial charge < -0.3 is 14.6 Å². The summed E-state index contributed by atoms with van der Waals surface area (Å²) in [5.74, 6) is -0.771. The van der Waals surface area contributed by atoms with Crippen LogP contribution in [0.4, 0.5) is 11.4 Å². The third-order valence-corrected chi connectivity index (χ3v) is 5.32. The third kappa shape index (κ3) is 3.61. The second kappa shape index (κ2) is 7.66. The Labute approximate surface area is 171 Å². The Morgan fingerprint density at radius 2 is 2.04 bits per heavy atom. The molecule has 2 amide bonds. The van der Waals surface area contributed by atoms with Gasteiger partial charge in [0, 0.05) is 23.5 Å². The molecule has 0 saturated carbocycles. The van der Waals surface area contributed by atoms with E-state index in [2.05, 4.69) is 10.3 Å². The van der Waals surface area contributed by atoms with Crippen LogP contribution in [-0.2, 0) is 9.59 Å². The first kappa shape index (κ1) is 18.5. The lowest BCUT2D eigenvalue weighted by Crippen LogP contribution is -2.33. The number of hydrogen-bond donors (Lipinski definition) is 1. The summed E-state index contributed by atoms with van der Waals surface area (Å²) >= 11 is 12.0. The zero-order chi connectivity index (χ0) is 19.7. The highest BCUT2D eigenvalue weighted by Gasteiger charge is 2.37. The minimum atomic E-state index is -0.761. The van der Waals surface area contributed by atoms with E-state index in [9.17, 15) is 9.59 Å². The highest BCUT2D eigenvalue weighted by molar-refractivity contribution is 6.42. The Bertz CT molecular complexity index is 1040. The van der Waals surface area contributed by atoms with Crippen LogP contribution >= 0.6 is 23.2 Å². The number of aromatic nitrogens is 1. The number of nitrogens with one attached hydrogen (secondary N) is 1. The molecule has 1 aliphatic rings. The van der Waals surface area contributed by atoms with Gasteiger partial charge in [-0.2, -0.15) is 0 Å². The zero-order valence-corrected chi connectivity index (χ0v) is 16.1. The average molecular weight is 416 g/mol. The van der Waals surface area contributed by atoms with Crippen LogP contribution in [0.5, 0.6) is 0 Å². The fourth-order valence-electron chi connectivity index (χ4n) is 3.17. The molecule has 1 atom stereocenters. The van der Waals surface area contributed by atoms with Crippen molar-refractivity contribution >= 4 is 46.4 Å². The van der Waals surface area contributed by atoms with Crippen LogP contribution in [0, 0.1) is 5.92 Å². The van der Waals surface area contributed by atoms with E-state index in [0.29, 0.717) is 40.1 Å². The van der Waals surface area contributed by atoms with Gasteiger partial charge in [0.15, 0.2) is 12.2 Å². The van der Waals surface area contributed by atoms with Gasteiger partial charge in [0.05, 0.1) is 16.2 Å². The first-order chi connectivity index (χ1) is 13.5. The fraction of sp³-hybridized carbons (Fsp3) is 0.150. The Morgan fingerprint density at radius 1 is 1.18 bits per heavy atom. The van der Waals surface area contributed by atoms with E-state index in [-0.39, 0.29) is 11.8 Å². The van der Waals surface area contributed by atoms with Crippen molar-refractivity contribution in [3.63, 3.8) is 0 Å². The summed E-state index contributed by atoms with van der Waals surface area (Å²) in [6, 6.07) is 12.2. The molecule has 3 aromatic rings. The molecule has 1 saturated heterocycles. The number of hydrogen-bond acceptors (Lipinski definition) is 4. The van der Waals surface area contributed by atoms with E-state index in [0.717, 1.165) is 5.56 Å². The molecule has 8 heteroatoms. The molecule has 0 radical (unpaired) electrons. The summed E-state index contributed by atoms with van der Waals surface area (Å²) in [6.45, 7) is 0.437. The first-order valence-electron chi connectivity index (χ1n) is 8.59. The van der Waals surface area contributed by atoms with Gasteiger partial charge in [-0.1, -0.05) is 35.3 Å². The molecule has 0 aliphatic carbocycles. The molecule has 0 unspecified atom stereocenters. The first-order valence-corrected chi connectivity index (χ1v) is 9.35. The van der Waals surface area contributed by atoms with Gasteiger partial charge in [-0.15, -0.1) is 0 Å². The summed E-state index contributed by atoms with van der Waals surface area (Å²) in [7, 11) is 0. The third-order valence-electron chi connectivity index (χ3n) is 4.58. The summed E-state index contributed by atoms with van der Waals surface area (Å²) in [4.78, 5) is 30.9. The lowest BCUT2D eigenvalue weighted by Gasteiger charge is -2.17. The molecule has 1 fully saturated rings. The Kier molecular flexibility index (Phi) is 5.07. The number of nitrogens with zero attached hydrogens (tertiary/aromatic N) is 2. The molecule has 1 aromatic heterocycles. The molecule has 1 aliphatic heterocycles. The van der Waals surface area contributed by atoms with Gasteiger partial charge >= 0.3 is 0 Å². The van der Waals surface area contributed by atoms with E-state index in [1.807, 2.05) is 6.07 Å². The molecule has 6 nitrogen and oxygen atoms in total. The lowest BCUT2D eigenvalue weighted by molar-refractivity contribution is -0.129. The largest absolute Gasteiger partial charge is 0.444 e. The van der Waals surface area contributed by atoms with Crippen molar-refractivity contribution in [3.05, 3.63) is 65.1 Å². The van der Waals surface area contributed by atoms with E-state index in [1.54, 1.807) is 47.5 Å². The normalized spacial score (nSPS) is 16.4. The van der Waals surface area contributed by atoms with Crippen molar-refractivity contribution in [1.29, 1.82) is 0 Å². The number of anilines is 2. The van der Waals surface area contributed by atoms with Crippen LogP contribution in [0.15, 0.2) is 59.5 Å². The van der Waals surface area contributed by atoms with Gasteiger partial charge in [0.1, 0.15) is 5.92 Å².